The summed E-state index contributed by atoms with van der Waals surface area (Å²) in [6, 6.07) is 2.70. The van der Waals surface area contributed by atoms with E-state index in [0.717, 1.165) is 12.2 Å². The lowest BCUT2D eigenvalue weighted by molar-refractivity contribution is 0.567. The molecule has 6 heteroatoms. The Hall–Kier alpha value is -1.14. The van der Waals surface area contributed by atoms with Gasteiger partial charge in [0.15, 0.2) is 9.84 Å². The van der Waals surface area contributed by atoms with E-state index >= 15 is 0 Å². The normalized spacial score (nSPS) is 25.6. The molecule has 5 nitrogen and oxygen atoms in total. The highest BCUT2D eigenvalue weighted by molar-refractivity contribution is 7.91. The first-order valence-corrected chi connectivity index (χ1v) is 9.01. The Bertz CT molecular complexity index is 584. The minimum Gasteiger partial charge on any atom is -0.365 e. The monoisotopic (exact) mass is 295 g/mol. The number of sulfone groups is 1. The molecule has 0 aromatic carbocycles. The van der Waals surface area contributed by atoms with E-state index in [1.807, 2.05) is 19.2 Å². The summed E-state index contributed by atoms with van der Waals surface area (Å²) in [5.41, 5.74) is 2.28. The SMILES string of the molecule is CC1CS(=O)(=O)CCN1c1cnccc1CNC1CC1. The molecule has 2 heterocycles. The van der Waals surface area contributed by atoms with Crippen LogP contribution in [-0.4, -0.2) is 43.5 Å². The predicted molar refractivity (Wildman–Crippen MR) is 79.6 cm³/mol. The molecule has 1 saturated heterocycles. The standard InChI is InChI=1S/C14H21N3O2S/c1-11-10-20(18,19)7-6-17(11)14-9-15-5-4-12(14)8-16-13-2-3-13/h4-5,9,11,13,16H,2-3,6-8,10H2,1H3. The van der Waals surface area contributed by atoms with Crippen molar-refractivity contribution in [1.29, 1.82) is 0 Å². The number of hydrogen-bond acceptors (Lipinski definition) is 5. The number of anilines is 1. The van der Waals surface area contributed by atoms with Crippen molar-refractivity contribution in [3.63, 3.8) is 0 Å². The lowest BCUT2D eigenvalue weighted by atomic mass is 10.1. The van der Waals surface area contributed by atoms with Gasteiger partial charge in [-0.05, 0) is 31.4 Å². The van der Waals surface area contributed by atoms with Crippen molar-refractivity contribution < 1.29 is 8.42 Å². The van der Waals surface area contributed by atoms with Crippen LogP contribution in [0.25, 0.3) is 0 Å². The van der Waals surface area contributed by atoms with Gasteiger partial charge in [0.25, 0.3) is 0 Å². The molecule has 1 aliphatic carbocycles. The molecule has 1 aromatic rings. The van der Waals surface area contributed by atoms with Crippen LogP contribution in [0, 0.1) is 0 Å². The van der Waals surface area contributed by atoms with Gasteiger partial charge in [-0.2, -0.15) is 0 Å². The third-order valence-corrected chi connectivity index (χ3v) is 5.82. The maximum atomic E-state index is 11.7. The van der Waals surface area contributed by atoms with Gasteiger partial charge in [0.05, 0.1) is 23.4 Å². The molecule has 110 valence electrons. The fraction of sp³-hybridized carbons (Fsp3) is 0.643. The largest absolute Gasteiger partial charge is 0.365 e. The van der Waals surface area contributed by atoms with E-state index in [-0.39, 0.29) is 17.5 Å². The number of hydrogen-bond donors (Lipinski definition) is 1. The molecular formula is C14H21N3O2S. The summed E-state index contributed by atoms with van der Waals surface area (Å²) in [7, 11) is -2.88. The van der Waals surface area contributed by atoms with Gasteiger partial charge < -0.3 is 10.2 Å². The number of nitrogens with one attached hydrogen (secondary N) is 1. The van der Waals surface area contributed by atoms with Crippen LogP contribution in [0.1, 0.15) is 25.3 Å². The maximum absolute atomic E-state index is 11.7. The number of pyridine rings is 1. The van der Waals surface area contributed by atoms with Gasteiger partial charge in [0.1, 0.15) is 0 Å². The van der Waals surface area contributed by atoms with Gasteiger partial charge in [0.2, 0.25) is 0 Å². The van der Waals surface area contributed by atoms with Crippen LogP contribution < -0.4 is 10.2 Å². The van der Waals surface area contributed by atoms with Gasteiger partial charge in [-0.1, -0.05) is 0 Å². The zero-order valence-electron chi connectivity index (χ0n) is 11.7. The average molecular weight is 295 g/mol. The summed E-state index contributed by atoms with van der Waals surface area (Å²) < 4.78 is 23.4. The van der Waals surface area contributed by atoms with E-state index in [2.05, 4.69) is 15.2 Å². The minimum absolute atomic E-state index is 0.0117. The number of aromatic nitrogens is 1. The molecule has 0 radical (unpaired) electrons. The van der Waals surface area contributed by atoms with Gasteiger partial charge in [-0.25, -0.2) is 8.42 Å². The minimum atomic E-state index is -2.88. The fourth-order valence-electron chi connectivity index (χ4n) is 2.72. The van der Waals surface area contributed by atoms with Crippen LogP contribution >= 0.6 is 0 Å². The summed E-state index contributed by atoms with van der Waals surface area (Å²) in [4.78, 5) is 6.39. The molecule has 0 spiro atoms. The summed E-state index contributed by atoms with van der Waals surface area (Å²) in [6.45, 7) is 3.37. The van der Waals surface area contributed by atoms with Crippen molar-refractivity contribution in [3.05, 3.63) is 24.0 Å². The molecular weight excluding hydrogens is 274 g/mol. The van der Waals surface area contributed by atoms with E-state index in [1.165, 1.54) is 18.4 Å². The summed E-state index contributed by atoms with van der Waals surface area (Å²) in [6.07, 6.45) is 6.19. The highest BCUT2D eigenvalue weighted by atomic mass is 32.2. The first-order valence-electron chi connectivity index (χ1n) is 7.18. The van der Waals surface area contributed by atoms with Gasteiger partial charge in [-0.15, -0.1) is 0 Å². The van der Waals surface area contributed by atoms with Crippen molar-refractivity contribution in [2.75, 3.05) is 23.0 Å². The second kappa shape index (κ2) is 5.33. The second-order valence-corrected chi connectivity index (χ2v) is 8.05. The van der Waals surface area contributed by atoms with E-state index in [9.17, 15) is 8.42 Å². The Morgan fingerprint density at radius 2 is 2.25 bits per heavy atom. The molecule has 2 aliphatic rings. The third kappa shape index (κ3) is 3.12. The summed E-state index contributed by atoms with van der Waals surface area (Å²) >= 11 is 0. The van der Waals surface area contributed by atoms with Crippen molar-refractivity contribution in [3.8, 4) is 0 Å². The molecule has 1 N–H and O–H groups in total. The van der Waals surface area contributed by atoms with Crippen LogP contribution in [0.5, 0.6) is 0 Å². The van der Waals surface area contributed by atoms with Gasteiger partial charge in [-0.3, -0.25) is 4.98 Å². The predicted octanol–water partition coefficient (Wildman–Crippen LogP) is 0.957. The van der Waals surface area contributed by atoms with Crippen molar-refractivity contribution >= 4 is 15.5 Å². The lowest BCUT2D eigenvalue weighted by Gasteiger charge is -2.36. The lowest BCUT2D eigenvalue weighted by Crippen LogP contribution is -2.47. The molecule has 1 atom stereocenters. The summed E-state index contributed by atoms with van der Waals surface area (Å²) in [5.74, 6) is 0.471. The first-order chi connectivity index (χ1) is 9.55. The molecule has 0 bridgehead atoms. The summed E-state index contributed by atoms with van der Waals surface area (Å²) in [5, 5.41) is 3.51. The quantitative estimate of drug-likeness (QED) is 0.896. The van der Waals surface area contributed by atoms with E-state index in [4.69, 9.17) is 0 Å². The van der Waals surface area contributed by atoms with E-state index < -0.39 is 9.84 Å². The molecule has 1 aliphatic heterocycles. The number of nitrogens with zero attached hydrogens (tertiary/aromatic N) is 2. The Kier molecular flexibility index (Phi) is 3.69. The van der Waals surface area contributed by atoms with Crippen molar-refractivity contribution in [2.45, 2.75) is 38.4 Å². The van der Waals surface area contributed by atoms with Crippen LogP contribution in [0.4, 0.5) is 5.69 Å². The Morgan fingerprint density at radius 3 is 2.95 bits per heavy atom. The highest BCUT2D eigenvalue weighted by Gasteiger charge is 2.29. The smallest absolute Gasteiger partial charge is 0.154 e. The zero-order chi connectivity index (χ0) is 14.2. The van der Waals surface area contributed by atoms with Crippen molar-refractivity contribution in [1.82, 2.24) is 10.3 Å². The van der Waals surface area contributed by atoms with Crippen LogP contribution in [0.2, 0.25) is 0 Å². The molecule has 3 rings (SSSR count). The Morgan fingerprint density at radius 1 is 1.45 bits per heavy atom. The molecule has 2 fully saturated rings. The topological polar surface area (TPSA) is 62.3 Å². The van der Waals surface area contributed by atoms with Crippen LogP contribution in [-0.2, 0) is 16.4 Å². The highest BCUT2D eigenvalue weighted by Crippen LogP contribution is 2.26. The molecule has 1 saturated carbocycles. The Labute approximate surface area is 120 Å². The average Bonchev–Trinajstić information content (AvgIpc) is 3.20. The van der Waals surface area contributed by atoms with Gasteiger partial charge in [0, 0.05) is 31.4 Å². The molecule has 1 aromatic heterocycles. The second-order valence-electron chi connectivity index (χ2n) is 5.82. The number of rotatable bonds is 4. The first kappa shape index (κ1) is 13.8. The van der Waals surface area contributed by atoms with Crippen LogP contribution in [0.15, 0.2) is 18.5 Å². The fourth-order valence-corrected chi connectivity index (χ4v) is 4.28. The van der Waals surface area contributed by atoms with Crippen molar-refractivity contribution in [2.24, 2.45) is 0 Å². The molecule has 20 heavy (non-hydrogen) atoms. The molecule has 1 unspecified atom stereocenters. The third-order valence-electron chi connectivity index (χ3n) is 4.03. The molecule has 0 amide bonds. The van der Waals surface area contributed by atoms with Gasteiger partial charge >= 0.3 is 0 Å². The zero-order valence-corrected chi connectivity index (χ0v) is 12.6. The Balaban J connectivity index is 1.78. The maximum Gasteiger partial charge on any atom is 0.154 e. The van der Waals surface area contributed by atoms with Crippen LogP contribution in [0.3, 0.4) is 0 Å². The van der Waals surface area contributed by atoms with E-state index in [0.29, 0.717) is 12.6 Å². The van der Waals surface area contributed by atoms with E-state index in [1.54, 1.807) is 6.20 Å².